The third-order valence-corrected chi connectivity index (χ3v) is 26.4. The lowest BCUT2D eigenvalue weighted by Gasteiger charge is -2.33. The van der Waals surface area contributed by atoms with Crippen LogP contribution in [0.2, 0.25) is 25.1 Å². The monoisotopic (exact) mass is 1860 g/mol. The van der Waals surface area contributed by atoms with Gasteiger partial charge in [-0.25, -0.2) is 33.0 Å². The molecule has 15 aromatic rings. The van der Waals surface area contributed by atoms with E-state index in [0.29, 0.717) is 82.3 Å². The highest BCUT2D eigenvalue weighted by atomic mass is 35.5. The number of carbonyl (C=O) groups is 3. The van der Waals surface area contributed by atoms with Crippen LogP contribution in [0.3, 0.4) is 0 Å². The second kappa shape index (κ2) is 43.6. The largest absolute Gasteiger partial charge is 0.494 e. The summed E-state index contributed by atoms with van der Waals surface area (Å²) in [5.74, 6) is 2.75. The maximum Gasteiger partial charge on any atom is 0.409 e. The summed E-state index contributed by atoms with van der Waals surface area (Å²) in [5.41, 5.74) is 20.8. The fourth-order valence-electron chi connectivity index (χ4n) is 18.2. The number of nitrogens with two attached hydrogens (primary N) is 1. The van der Waals surface area contributed by atoms with Gasteiger partial charge in [0.2, 0.25) is 5.91 Å². The molecule has 0 bridgehead atoms. The van der Waals surface area contributed by atoms with E-state index < -0.39 is 0 Å². The van der Waals surface area contributed by atoms with Crippen molar-refractivity contribution in [1.29, 1.82) is 0 Å². The molecule has 680 valence electrons. The summed E-state index contributed by atoms with van der Waals surface area (Å²) in [4.78, 5) is 67.5. The number of hydrogen-bond acceptors (Lipinski definition) is 18. The SMILES string of the molecule is CCCCN1CCC(c2nn(-c3ccc(Cl)cc3)c3cnccc23)CC1.CCOC(=O)N1CCC(c2nn(-c3ccc(Cl)cc3)c3cnccc23)CC1.CN(C)C(=O)N1CCC(c2nn(-c3ccc(Cl)cc3)c3cnccc23)CC1.COc1cncc2c1c(C1CCOCC1)nn2-c1ccc(Cl)cc1.NCCC(=O)N1CCC(c2nn(-c3ccc(Cl)cc3)c3cnccc23)CC1. The minimum absolute atomic E-state index is 0.0780. The van der Waals surface area contributed by atoms with Crippen molar-refractivity contribution < 1.29 is 28.6 Å². The molecule has 5 fully saturated rings. The van der Waals surface area contributed by atoms with Gasteiger partial charge in [0.25, 0.3) is 0 Å². The number of rotatable bonds is 17. The maximum absolute atomic E-state index is 12.2. The standard InChI is InChI=1S/C21H25ClN4.2C20H22ClN5O.C20H21ClN4O2.C18H18ClN3O2/c1-2-3-12-25-13-9-16(10-14-25)21-19-8-11-23-15-20(19)26(24-21)18-6-4-17(22)5-7-18;1-24(2)20(27)25-11-8-14(9-12-25)19-17-7-10-22-13-18(17)26(23-19)16-5-3-15(21)4-6-16;21-15-1-3-16(4-2-15)26-18-13-23-10-6-17(18)20(24-26)14-7-11-25(12-8-14)19(27)5-9-22;1-2-27-20(26)24-11-8-14(9-12-24)19-17-7-10-22-13-18(17)25(23-19)16-5-3-15(21)4-6-16;1-23-16-11-20-10-15-17(16)18(12-6-8-24-9-7-12)21-22(15)14-4-2-13(19)3-5-14/h4-8,11,15-16H,2-3,9-10,12-14H2,1H3;3-7,10,13-14H,8-9,11-12H2,1-2H3;1-4,6,10,13-14H,5,7-9,11-12,22H2;3-7,10,13-14H,2,8-9,11-12H2,1H3;2-5,10-12H,6-9H2,1H3. The van der Waals surface area contributed by atoms with Crippen LogP contribution in [0, 0.1) is 0 Å². The molecule has 0 atom stereocenters. The van der Waals surface area contributed by atoms with Crippen LogP contribution in [-0.2, 0) is 14.3 Å². The Morgan fingerprint density at radius 2 is 0.725 bits per heavy atom. The number of ether oxygens (including phenoxy) is 3. The predicted octanol–water partition coefficient (Wildman–Crippen LogP) is 20.5. The van der Waals surface area contributed by atoms with E-state index in [2.05, 4.69) is 42.8 Å². The molecule has 0 aliphatic carbocycles. The molecule has 2 N–H and O–H groups in total. The van der Waals surface area contributed by atoms with E-state index in [1.165, 1.54) is 56.4 Å². The number of hydrogen-bond donors (Lipinski definition) is 1. The summed E-state index contributed by atoms with van der Waals surface area (Å²) >= 11 is 30.1. The van der Waals surface area contributed by atoms with Gasteiger partial charge >= 0.3 is 12.1 Å². The molecule has 5 saturated heterocycles. The van der Waals surface area contributed by atoms with Gasteiger partial charge < -0.3 is 44.4 Å². The summed E-state index contributed by atoms with van der Waals surface area (Å²) < 4.78 is 25.9. The molecule has 0 spiro atoms. The van der Waals surface area contributed by atoms with Crippen molar-refractivity contribution in [3.63, 3.8) is 0 Å². The Bertz CT molecular complexity index is 6190. The highest BCUT2D eigenvalue weighted by molar-refractivity contribution is 6.32. The highest BCUT2D eigenvalue weighted by Crippen LogP contribution is 2.42. The van der Waals surface area contributed by atoms with E-state index >= 15 is 0 Å². The van der Waals surface area contributed by atoms with Crippen LogP contribution in [0.4, 0.5) is 9.59 Å². The van der Waals surface area contributed by atoms with Crippen molar-refractivity contribution in [3.05, 3.63) is 261 Å². The Balaban J connectivity index is 0.000000120. The summed E-state index contributed by atoms with van der Waals surface area (Å²) in [6.45, 7) is 14.4. The quantitative estimate of drug-likeness (QED) is 0.0887. The highest BCUT2D eigenvalue weighted by Gasteiger charge is 2.34. The molecule has 5 aliphatic heterocycles. The Kier molecular flexibility index (Phi) is 30.8. The fourth-order valence-corrected chi connectivity index (χ4v) is 18.8. The Labute approximate surface area is 786 Å². The summed E-state index contributed by atoms with van der Waals surface area (Å²) in [7, 11) is 5.26. The van der Waals surface area contributed by atoms with Gasteiger partial charge in [0.05, 0.1) is 141 Å². The molecule has 32 heteroatoms. The molecule has 5 aliphatic rings. The number of halogens is 5. The number of carbonyl (C=O) groups excluding carboxylic acids is 3. The van der Waals surface area contributed by atoms with E-state index in [9.17, 15) is 14.4 Å². The van der Waals surface area contributed by atoms with Crippen LogP contribution >= 0.6 is 58.0 Å². The average molecular weight is 1870 g/mol. The first-order valence-corrected chi connectivity index (χ1v) is 47.0. The van der Waals surface area contributed by atoms with Gasteiger partial charge in [0.1, 0.15) is 5.75 Å². The lowest BCUT2D eigenvalue weighted by atomic mass is 9.92. The van der Waals surface area contributed by atoms with Gasteiger partial charge in [-0.3, -0.25) is 29.7 Å². The number of likely N-dealkylation sites (tertiary alicyclic amines) is 4. The van der Waals surface area contributed by atoms with E-state index in [4.69, 9.17) is 103 Å². The molecule has 4 amide bonds. The molecule has 20 rings (SSSR count). The zero-order chi connectivity index (χ0) is 91.0. The number of methoxy groups -OCH3 is 1. The van der Waals surface area contributed by atoms with Crippen LogP contribution in [0.5, 0.6) is 5.75 Å². The smallest absolute Gasteiger partial charge is 0.409 e. The van der Waals surface area contributed by atoms with E-state index in [0.717, 1.165) is 202 Å². The second-order valence-corrected chi connectivity index (χ2v) is 35.8. The molecule has 0 radical (unpaired) electrons. The van der Waals surface area contributed by atoms with Crippen molar-refractivity contribution in [3.8, 4) is 34.2 Å². The van der Waals surface area contributed by atoms with Crippen molar-refractivity contribution >= 4 is 131 Å². The number of piperidine rings is 4. The predicted molar refractivity (Wildman–Crippen MR) is 517 cm³/mol. The lowest BCUT2D eigenvalue weighted by molar-refractivity contribution is -0.132. The zero-order valence-electron chi connectivity index (χ0n) is 74.3. The number of pyridine rings is 5. The molecular formula is C99H108Cl5N21O6. The first kappa shape index (κ1) is 92.6. The van der Waals surface area contributed by atoms with Crippen molar-refractivity contribution in [2.24, 2.45) is 5.73 Å². The third-order valence-electron chi connectivity index (χ3n) is 25.2. The number of benzene rings is 5. The Morgan fingerprint density at radius 3 is 1.06 bits per heavy atom. The molecule has 5 aromatic carbocycles. The zero-order valence-corrected chi connectivity index (χ0v) is 78.0. The molecule has 131 heavy (non-hydrogen) atoms. The number of urea groups is 1. The van der Waals surface area contributed by atoms with Gasteiger partial charge in [0.15, 0.2) is 0 Å². The fraction of sp³-hybridized carbons (Fsp3) is 0.364. The van der Waals surface area contributed by atoms with Crippen molar-refractivity contribution in [2.75, 3.05) is 106 Å². The molecule has 10 aromatic heterocycles. The number of aromatic nitrogens is 15. The van der Waals surface area contributed by atoms with Crippen LogP contribution in [0.15, 0.2) is 208 Å². The number of fused-ring (bicyclic) bond motifs is 5. The van der Waals surface area contributed by atoms with E-state index in [1.54, 1.807) is 49.6 Å². The summed E-state index contributed by atoms with van der Waals surface area (Å²) in [5, 5.41) is 33.9. The minimum Gasteiger partial charge on any atom is -0.494 e. The molecule has 27 nitrogen and oxygen atoms in total. The summed E-state index contributed by atoms with van der Waals surface area (Å²) in [6, 6.07) is 46.7. The van der Waals surface area contributed by atoms with Gasteiger partial charge in [-0.1, -0.05) is 71.3 Å². The number of unbranched alkanes of at least 4 members (excludes halogenated alkanes) is 1. The second-order valence-electron chi connectivity index (χ2n) is 33.6. The normalized spacial score (nSPS) is 15.6. The van der Waals surface area contributed by atoms with Gasteiger partial charge in [-0.05, 0) is 243 Å². The summed E-state index contributed by atoms with van der Waals surface area (Å²) in [6.07, 6.45) is 30.8. The van der Waals surface area contributed by atoms with Crippen molar-refractivity contribution in [1.82, 2.24) is 98.3 Å². The van der Waals surface area contributed by atoms with Crippen LogP contribution in [-0.4, -0.2) is 223 Å². The number of amides is 4. The molecule has 0 unspecified atom stereocenters. The first-order chi connectivity index (χ1) is 63.9. The Hall–Kier alpha value is -11.7. The van der Waals surface area contributed by atoms with E-state index in [1.807, 2.05) is 223 Å². The molecule has 15 heterocycles. The van der Waals surface area contributed by atoms with E-state index in [-0.39, 0.29) is 18.0 Å². The average Bonchev–Trinajstić information content (AvgIpc) is 1.53. The minimum atomic E-state index is -0.225. The topological polar surface area (TPSA) is 275 Å². The van der Waals surface area contributed by atoms with Crippen LogP contribution in [0.25, 0.3) is 83.0 Å². The third kappa shape index (κ3) is 21.6. The van der Waals surface area contributed by atoms with Gasteiger partial charge in [-0.2, -0.15) is 25.5 Å². The molecule has 0 saturated carbocycles. The van der Waals surface area contributed by atoms with Crippen LogP contribution in [0.1, 0.15) is 155 Å². The molecular weight excluding hydrogens is 1760 g/mol. The first-order valence-electron chi connectivity index (χ1n) is 45.1. The van der Waals surface area contributed by atoms with Gasteiger partial charge in [-0.15, -0.1) is 0 Å². The Morgan fingerprint density at radius 1 is 0.405 bits per heavy atom. The van der Waals surface area contributed by atoms with Gasteiger partial charge in [0, 0.05) is 181 Å². The van der Waals surface area contributed by atoms with Crippen molar-refractivity contribution in [2.45, 2.75) is 127 Å². The number of nitrogens with zero attached hydrogens (tertiary/aromatic N) is 20. The lowest BCUT2D eigenvalue weighted by Crippen LogP contribution is -2.43. The van der Waals surface area contributed by atoms with Crippen LogP contribution < -0.4 is 10.5 Å². The maximum atomic E-state index is 12.2.